The fourth-order valence-corrected chi connectivity index (χ4v) is 6.20. The lowest BCUT2D eigenvalue weighted by molar-refractivity contribution is -0.166. The highest BCUT2D eigenvalue weighted by Crippen LogP contribution is 2.38. The summed E-state index contributed by atoms with van der Waals surface area (Å²) in [5.41, 5.74) is 5.03. The summed E-state index contributed by atoms with van der Waals surface area (Å²) in [7, 11) is 0. The van der Waals surface area contributed by atoms with Crippen molar-refractivity contribution >= 4 is 63.1 Å². The van der Waals surface area contributed by atoms with Gasteiger partial charge in [-0.15, -0.1) is 11.3 Å². The maximum Gasteiger partial charge on any atom is 0.347 e. The number of carboxylic acids is 3. The predicted octanol–water partition coefficient (Wildman–Crippen LogP) is -1.73. The molecule has 190 valence electrons. The zero-order valence-corrected chi connectivity index (χ0v) is 19.7. The van der Waals surface area contributed by atoms with Crippen LogP contribution in [0.5, 0.6) is 0 Å². The summed E-state index contributed by atoms with van der Waals surface area (Å²) in [6.45, 7) is 1.52. The summed E-state index contributed by atoms with van der Waals surface area (Å²) in [5.74, 6) is -7.35. The van der Waals surface area contributed by atoms with Crippen LogP contribution in [-0.2, 0) is 40.0 Å². The van der Waals surface area contributed by atoms with Crippen LogP contribution in [0.1, 0.15) is 25.5 Å². The highest BCUT2D eigenvalue weighted by atomic mass is 32.2. The monoisotopic (exact) mass is 531 g/mol. The molecule has 1 unspecified atom stereocenters. The number of anilines is 1. The highest BCUT2D eigenvalue weighted by molar-refractivity contribution is 7.92. The second kappa shape index (κ2) is 10.4. The van der Waals surface area contributed by atoms with E-state index in [9.17, 15) is 33.6 Å². The quantitative estimate of drug-likeness (QED) is 0.0978. The molecular formula is C18H21N5O10S2. The van der Waals surface area contributed by atoms with Crippen molar-refractivity contribution in [1.82, 2.24) is 15.2 Å². The normalized spacial score (nSPS) is 26.8. The zero-order valence-electron chi connectivity index (χ0n) is 18.0. The van der Waals surface area contributed by atoms with Crippen molar-refractivity contribution in [3.63, 3.8) is 0 Å². The molecule has 35 heavy (non-hydrogen) atoms. The topological polar surface area (TPSA) is 245 Å². The molecule has 2 fully saturated rings. The number of nitrogens with one attached hydrogen (secondary N) is 1. The molecule has 1 aromatic heterocycles. The standard InChI is InChI=1S/C18H21N5O10S2/c1-2-8(16(28)29)33-22-10(7-4-34-18(19)20-7)13(26)21-11-14(27)23-12(17(30)31)6(3-9(24)25)5-35(32)15(11)23/h4,6,8,11-12,15H,2-3,5H2,1H3,(H2,19,20)(H,21,26)(H,24,25)(H,28,29)(H,30,31)/b22-10-/t6-,8-,11+,12-,15+,35?/m0/s1. The summed E-state index contributed by atoms with van der Waals surface area (Å²) in [4.78, 5) is 69.5. The second-order valence-corrected chi connectivity index (χ2v) is 10.1. The van der Waals surface area contributed by atoms with Crippen molar-refractivity contribution in [2.75, 3.05) is 11.5 Å². The van der Waals surface area contributed by atoms with Crippen LogP contribution in [0.3, 0.4) is 0 Å². The molecule has 0 spiro atoms. The van der Waals surface area contributed by atoms with Crippen LogP contribution in [0.4, 0.5) is 5.13 Å². The van der Waals surface area contributed by atoms with E-state index in [2.05, 4.69) is 15.5 Å². The van der Waals surface area contributed by atoms with Crippen molar-refractivity contribution in [3.05, 3.63) is 11.1 Å². The fraction of sp³-hybridized carbons (Fsp3) is 0.500. The largest absolute Gasteiger partial charge is 0.615 e. The first-order valence-electron chi connectivity index (χ1n) is 10.1. The molecule has 15 nitrogen and oxygen atoms in total. The number of aliphatic carboxylic acids is 3. The van der Waals surface area contributed by atoms with Crippen molar-refractivity contribution < 1.29 is 48.7 Å². The van der Waals surface area contributed by atoms with Crippen LogP contribution in [0, 0.1) is 5.92 Å². The maximum atomic E-state index is 13.0. The molecule has 0 aromatic carbocycles. The average molecular weight is 532 g/mol. The van der Waals surface area contributed by atoms with Gasteiger partial charge in [0.15, 0.2) is 16.9 Å². The molecule has 6 N–H and O–H groups in total. The van der Waals surface area contributed by atoms with Gasteiger partial charge in [-0.25, -0.2) is 14.6 Å². The van der Waals surface area contributed by atoms with Crippen LogP contribution in [-0.4, -0.2) is 94.5 Å². The van der Waals surface area contributed by atoms with Gasteiger partial charge >= 0.3 is 17.9 Å². The smallest absolute Gasteiger partial charge is 0.347 e. The third-order valence-electron chi connectivity index (χ3n) is 5.35. The van der Waals surface area contributed by atoms with Crippen molar-refractivity contribution in [2.24, 2.45) is 11.1 Å². The summed E-state index contributed by atoms with van der Waals surface area (Å²) in [6, 6.07) is -2.91. The number of hydrogen-bond acceptors (Lipinski definition) is 11. The number of fused-ring (bicyclic) bond motifs is 1. The van der Waals surface area contributed by atoms with Gasteiger partial charge in [-0.3, -0.25) is 19.3 Å². The molecule has 0 bridgehead atoms. The number of carbonyl (C=O) groups excluding carboxylic acids is 2. The molecule has 2 aliphatic rings. The molecule has 2 saturated heterocycles. The van der Waals surface area contributed by atoms with Gasteiger partial charge < -0.3 is 35.8 Å². The fourth-order valence-electron chi connectivity index (χ4n) is 3.76. The SMILES string of the molecule is CC[C@H](O/N=C(\C(=O)N[C@@H]1C(=O)N2[C@H](C(=O)O)[C@@H](CC(=O)O)C[S+]([O-])[C@H]12)c1csc(N)n1)C(=O)O. The third kappa shape index (κ3) is 5.30. The molecule has 0 aliphatic carbocycles. The van der Waals surface area contributed by atoms with Gasteiger partial charge in [0.05, 0.1) is 6.42 Å². The lowest BCUT2D eigenvalue weighted by Gasteiger charge is -2.53. The zero-order chi connectivity index (χ0) is 26.0. The Balaban J connectivity index is 1.83. The van der Waals surface area contributed by atoms with Gasteiger partial charge in [0.2, 0.25) is 11.5 Å². The van der Waals surface area contributed by atoms with Crippen molar-refractivity contribution in [3.8, 4) is 0 Å². The van der Waals surface area contributed by atoms with Crippen LogP contribution in [0.25, 0.3) is 0 Å². The molecule has 6 atom stereocenters. The Morgan fingerprint density at radius 1 is 1.40 bits per heavy atom. The van der Waals surface area contributed by atoms with E-state index in [-0.39, 0.29) is 23.0 Å². The van der Waals surface area contributed by atoms with E-state index in [0.29, 0.717) is 0 Å². The maximum absolute atomic E-state index is 13.0. The van der Waals surface area contributed by atoms with E-state index in [1.54, 1.807) is 0 Å². The first-order valence-corrected chi connectivity index (χ1v) is 12.3. The number of aromatic nitrogens is 1. The Morgan fingerprint density at radius 2 is 2.09 bits per heavy atom. The minimum atomic E-state index is -1.87. The van der Waals surface area contributed by atoms with Gasteiger partial charge in [-0.2, -0.15) is 0 Å². The van der Waals surface area contributed by atoms with Crippen LogP contribution < -0.4 is 11.1 Å². The molecular weight excluding hydrogens is 510 g/mol. The first kappa shape index (κ1) is 26.2. The summed E-state index contributed by atoms with van der Waals surface area (Å²) in [5, 5.41) is 33.9. The number of thiazole rings is 1. The Bertz CT molecular complexity index is 1080. The number of hydrogen-bond donors (Lipinski definition) is 5. The van der Waals surface area contributed by atoms with E-state index in [0.717, 1.165) is 16.2 Å². The number of carboxylic acid groups (broad SMARTS) is 3. The number of oxime groups is 1. The Labute approximate surface area is 204 Å². The third-order valence-corrected chi connectivity index (χ3v) is 7.82. The Hall–Kier alpha value is -3.44. The van der Waals surface area contributed by atoms with E-state index in [4.69, 9.17) is 20.8 Å². The average Bonchev–Trinajstić information content (AvgIpc) is 3.19. The number of nitrogens with zero attached hydrogens (tertiary/aromatic N) is 3. The van der Waals surface area contributed by atoms with Crippen LogP contribution >= 0.6 is 11.3 Å². The van der Waals surface area contributed by atoms with E-state index in [1.807, 2.05) is 0 Å². The molecule has 1 aromatic rings. The lowest BCUT2D eigenvalue weighted by atomic mass is 9.91. The Morgan fingerprint density at radius 3 is 2.60 bits per heavy atom. The number of carbonyl (C=O) groups is 5. The molecule has 3 heterocycles. The molecule has 3 rings (SSSR count). The number of amides is 2. The molecule has 0 saturated carbocycles. The van der Waals surface area contributed by atoms with Gasteiger partial charge in [-0.05, 0) is 17.6 Å². The minimum Gasteiger partial charge on any atom is -0.615 e. The lowest BCUT2D eigenvalue weighted by Crippen LogP contribution is -2.80. The number of nitrogen functional groups attached to an aromatic ring is 1. The van der Waals surface area contributed by atoms with Crippen molar-refractivity contribution in [2.45, 2.75) is 43.3 Å². The highest BCUT2D eigenvalue weighted by Gasteiger charge is 2.64. The van der Waals surface area contributed by atoms with Crippen molar-refractivity contribution in [1.29, 1.82) is 0 Å². The van der Waals surface area contributed by atoms with Gasteiger partial charge in [-0.1, -0.05) is 12.1 Å². The van der Waals surface area contributed by atoms with Gasteiger partial charge in [0.25, 0.3) is 11.8 Å². The number of nitrogens with two attached hydrogens (primary N) is 1. The van der Waals surface area contributed by atoms with Gasteiger partial charge in [0, 0.05) is 11.3 Å². The van der Waals surface area contributed by atoms with Gasteiger partial charge in [0.1, 0.15) is 17.5 Å². The first-order chi connectivity index (χ1) is 16.5. The van der Waals surface area contributed by atoms with Crippen LogP contribution in [0.15, 0.2) is 10.5 Å². The molecule has 2 amide bonds. The minimum absolute atomic E-state index is 0.0259. The predicted molar refractivity (Wildman–Crippen MR) is 119 cm³/mol. The molecule has 2 aliphatic heterocycles. The van der Waals surface area contributed by atoms with Crippen LogP contribution in [0.2, 0.25) is 0 Å². The van der Waals surface area contributed by atoms with E-state index in [1.165, 1.54) is 12.3 Å². The second-order valence-electron chi connectivity index (χ2n) is 7.63. The molecule has 17 heteroatoms. The Kier molecular flexibility index (Phi) is 7.81. The summed E-state index contributed by atoms with van der Waals surface area (Å²) < 4.78 is 12.8. The number of rotatable bonds is 10. The summed E-state index contributed by atoms with van der Waals surface area (Å²) in [6.07, 6.45) is -1.95. The molecule has 0 radical (unpaired) electrons. The summed E-state index contributed by atoms with van der Waals surface area (Å²) >= 11 is -0.910. The van der Waals surface area contributed by atoms with E-state index < -0.39 is 82.5 Å². The van der Waals surface area contributed by atoms with E-state index >= 15 is 0 Å². The number of β-lactam (4-membered cyclic amide) rings is 1.